The molecular formula is C32H33Cl2N3O2S. The minimum atomic E-state index is -0.232. The monoisotopic (exact) mass is 593 g/mol. The Hall–Kier alpha value is -3.19. The SMILES string of the molecule is C=C/C=C(Cl)\C=C/C(C)c1ccccc1NC(=O)c1csc(C2CCN(C(=O)CCc3cccc(Cl)c3)CC2)n1. The third-order valence-electron chi connectivity index (χ3n) is 6.99. The zero-order chi connectivity index (χ0) is 28.5. The van der Waals surface area contributed by atoms with E-state index in [1.165, 1.54) is 11.3 Å². The molecule has 0 aliphatic carbocycles. The molecule has 1 N–H and O–H groups in total. The van der Waals surface area contributed by atoms with Crippen LogP contribution in [0.3, 0.4) is 0 Å². The van der Waals surface area contributed by atoms with E-state index in [1.54, 1.807) is 12.2 Å². The number of benzene rings is 2. The lowest BCUT2D eigenvalue weighted by Gasteiger charge is -2.31. The lowest BCUT2D eigenvalue weighted by atomic mass is 9.97. The fourth-order valence-electron chi connectivity index (χ4n) is 4.76. The quantitative estimate of drug-likeness (QED) is 0.240. The number of carbonyl (C=O) groups excluding carboxylic acids is 2. The lowest BCUT2D eigenvalue weighted by Crippen LogP contribution is -2.38. The molecule has 0 radical (unpaired) electrons. The van der Waals surface area contributed by atoms with E-state index in [-0.39, 0.29) is 23.7 Å². The smallest absolute Gasteiger partial charge is 0.275 e. The third kappa shape index (κ3) is 8.17. The molecule has 2 amide bonds. The van der Waals surface area contributed by atoms with Crippen molar-refractivity contribution in [1.82, 2.24) is 9.88 Å². The van der Waals surface area contributed by atoms with E-state index in [0.29, 0.717) is 41.7 Å². The van der Waals surface area contributed by atoms with Crippen LogP contribution < -0.4 is 5.32 Å². The molecule has 1 atom stereocenters. The van der Waals surface area contributed by atoms with Gasteiger partial charge in [0.05, 0.1) is 5.01 Å². The van der Waals surface area contributed by atoms with E-state index in [2.05, 4.69) is 23.8 Å². The average Bonchev–Trinajstić information content (AvgIpc) is 3.46. The summed E-state index contributed by atoms with van der Waals surface area (Å²) < 4.78 is 0. The number of allylic oxidation sites excluding steroid dienone is 5. The van der Waals surface area contributed by atoms with Crippen molar-refractivity contribution in [2.45, 2.75) is 44.4 Å². The van der Waals surface area contributed by atoms with Gasteiger partial charge >= 0.3 is 0 Å². The van der Waals surface area contributed by atoms with Crippen molar-refractivity contribution >= 4 is 52.0 Å². The van der Waals surface area contributed by atoms with Gasteiger partial charge in [-0.05, 0) is 60.7 Å². The number of amides is 2. The number of rotatable bonds is 10. The van der Waals surface area contributed by atoms with E-state index >= 15 is 0 Å². The Morgan fingerprint density at radius 1 is 1.20 bits per heavy atom. The molecule has 2 aromatic carbocycles. The fourth-order valence-corrected chi connectivity index (χ4v) is 6.11. The normalized spacial score (nSPS) is 15.3. The summed E-state index contributed by atoms with van der Waals surface area (Å²) in [7, 11) is 0. The molecule has 4 rings (SSSR count). The molecule has 0 bridgehead atoms. The highest BCUT2D eigenvalue weighted by Crippen LogP contribution is 2.31. The van der Waals surface area contributed by atoms with Crippen LogP contribution in [0.1, 0.15) is 64.6 Å². The summed E-state index contributed by atoms with van der Waals surface area (Å²) in [5.74, 6) is 0.214. The van der Waals surface area contributed by atoms with Gasteiger partial charge in [0, 0.05) is 52.5 Å². The number of anilines is 1. The van der Waals surface area contributed by atoms with Gasteiger partial charge in [0.2, 0.25) is 5.91 Å². The maximum absolute atomic E-state index is 13.1. The molecule has 0 saturated carbocycles. The highest BCUT2D eigenvalue weighted by Gasteiger charge is 2.26. The molecule has 1 aliphatic heterocycles. The first-order valence-corrected chi connectivity index (χ1v) is 15.0. The zero-order valence-electron chi connectivity index (χ0n) is 22.5. The number of para-hydroxylation sites is 1. The van der Waals surface area contributed by atoms with Crippen LogP contribution in [0.2, 0.25) is 5.02 Å². The summed E-state index contributed by atoms with van der Waals surface area (Å²) in [5.41, 5.74) is 3.21. The lowest BCUT2D eigenvalue weighted by molar-refractivity contribution is -0.132. The minimum Gasteiger partial charge on any atom is -0.343 e. The van der Waals surface area contributed by atoms with Gasteiger partial charge in [0.1, 0.15) is 5.69 Å². The molecule has 3 aromatic rings. The number of halogens is 2. The van der Waals surface area contributed by atoms with Crippen molar-refractivity contribution in [3.05, 3.63) is 117 Å². The largest absolute Gasteiger partial charge is 0.343 e. The maximum atomic E-state index is 13.1. The van der Waals surface area contributed by atoms with Gasteiger partial charge in [-0.2, -0.15) is 0 Å². The molecule has 1 saturated heterocycles. The van der Waals surface area contributed by atoms with Crippen LogP contribution in [0.4, 0.5) is 5.69 Å². The van der Waals surface area contributed by atoms with Gasteiger partial charge in [0.25, 0.3) is 5.91 Å². The predicted octanol–water partition coefficient (Wildman–Crippen LogP) is 8.36. The summed E-state index contributed by atoms with van der Waals surface area (Å²) in [6.07, 6.45) is 10.0. The van der Waals surface area contributed by atoms with Crippen molar-refractivity contribution in [3.63, 3.8) is 0 Å². The number of nitrogens with zero attached hydrogens (tertiary/aromatic N) is 2. The van der Waals surface area contributed by atoms with E-state index < -0.39 is 0 Å². The van der Waals surface area contributed by atoms with Crippen molar-refractivity contribution in [3.8, 4) is 0 Å². The Morgan fingerprint density at radius 3 is 2.73 bits per heavy atom. The van der Waals surface area contributed by atoms with Crippen LogP contribution in [0.25, 0.3) is 0 Å². The van der Waals surface area contributed by atoms with Crippen LogP contribution in [0, 0.1) is 0 Å². The number of carbonyl (C=O) groups is 2. The summed E-state index contributed by atoms with van der Waals surface area (Å²) in [6.45, 7) is 7.10. The molecule has 40 heavy (non-hydrogen) atoms. The van der Waals surface area contributed by atoms with Crippen molar-refractivity contribution < 1.29 is 9.59 Å². The van der Waals surface area contributed by atoms with Crippen LogP contribution in [0.5, 0.6) is 0 Å². The number of nitrogens with one attached hydrogen (secondary N) is 1. The first-order valence-electron chi connectivity index (χ1n) is 13.4. The Kier molecular flexibility index (Phi) is 10.8. The van der Waals surface area contributed by atoms with Gasteiger partial charge < -0.3 is 10.2 Å². The third-order valence-corrected chi connectivity index (χ3v) is 8.48. The highest BCUT2D eigenvalue weighted by atomic mass is 35.5. The van der Waals surface area contributed by atoms with E-state index in [9.17, 15) is 9.59 Å². The average molecular weight is 595 g/mol. The first kappa shape index (κ1) is 29.8. The topological polar surface area (TPSA) is 62.3 Å². The molecule has 208 valence electrons. The number of aromatic nitrogens is 1. The van der Waals surface area contributed by atoms with Gasteiger partial charge in [-0.1, -0.05) is 79.2 Å². The number of hydrogen-bond donors (Lipinski definition) is 1. The second-order valence-corrected chi connectivity index (χ2v) is 11.6. The van der Waals surface area contributed by atoms with Crippen LogP contribution in [-0.2, 0) is 11.2 Å². The molecule has 8 heteroatoms. The summed E-state index contributed by atoms with van der Waals surface area (Å²) in [6, 6.07) is 15.4. The van der Waals surface area contributed by atoms with Gasteiger partial charge in [-0.25, -0.2) is 4.98 Å². The Labute approximate surface area is 250 Å². The minimum absolute atomic E-state index is 0.0350. The number of likely N-dealkylation sites (tertiary alicyclic amines) is 1. The molecule has 1 fully saturated rings. The number of piperidine rings is 1. The first-order chi connectivity index (χ1) is 19.3. The summed E-state index contributed by atoms with van der Waals surface area (Å²) in [4.78, 5) is 32.5. The van der Waals surface area contributed by atoms with Crippen molar-refractivity contribution in [2.24, 2.45) is 0 Å². The van der Waals surface area contributed by atoms with E-state index in [4.69, 9.17) is 23.2 Å². The maximum Gasteiger partial charge on any atom is 0.275 e. The summed E-state index contributed by atoms with van der Waals surface area (Å²) in [5, 5.41) is 7.08. The predicted molar refractivity (Wildman–Crippen MR) is 167 cm³/mol. The molecule has 0 spiro atoms. The van der Waals surface area contributed by atoms with Gasteiger partial charge in [0.15, 0.2) is 0 Å². The van der Waals surface area contributed by atoms with Crippen LogP contribution >= 0.6 is 34.5 Å². The fraction of sp³-hybridized carbons (Fsp3) is 0.281. The van der Waals surface area contributed by atoms with Crippen LogP contribution in [0.15, 0.2) is 89.8 Å². The summed E-state index contributed by atoms with van der Waals surface area (Å²) >= 11 is 13.7. The zero-order valence-corrected chi connectivity index (χ0v) is 24.8. The Balaban J connectivity index is 1.31. The second kappa shape index (κ2) is 14.4. The van der Waals surface area contributed by atoms with Crippen LogP contribution in [-0.4, -0.2) is 34.8 Å². The second-order valence-electron chi connectivity index (χ2n) is 9.83. The Bertz CT molecular complexity index is 1410. The standard InChI is InChI=1S/C32H33Cl2N3O2S/c1-3-7-25(33)14-12-22(2)27-10-4-5-11-28(27)35-31(39)29-21-40-32(36-29)24-16-18-37(19-17-24)30(38)15-13-23-8-6-9-26(34)20-23/h3-12,14,20-22,24H,1,13,15-19H2,2H3,(H,35,39)/b14-12-,25-7+. The van der Waals surface area contributed by atoms with Gasteiger partial charge in [-0.3, -0.25) is 9.59 Å². The van der Waals surface area contributed by atoms with Gasteiger partial charge in [-0.15, -0.1) is 11.3 Å². The molecule has 5 nitrogen and oxygen atoms in total. The van der Waals surface area contributed by atoms with E-state index in [0.717, 1.165) is 34.7 Å². The number of hydrogen-bond acceptors (Lipinski definition) is 4. The van der Waals surface area contributed by atoms with Crippen molar-refractivity contribution in [1.29, 1.82) is 0 Å². The Morgan fingerprint density at radius 2 is 1.98 bits per heavy atom. The van der Waals surface area contributed by atoms with Crippen molar-refractivity contribution in [2.75, 3.05) is 18.4 Å². The molecular weight excluding hydrogens is 561 g/mol. The van der Waals surface area contributed by atoms with E-state index in [1.807, 2.05) is 71.0 Å². The highest BCUT2D eigenvalue weighted by molar-refractivity contribution is 7.10. The molecule has 1 unspecified atom stereocenters. The molecule has 1 aliphatic rings. The molecule has 1 aromatic heterocycles. The molecule has 2 heterocycles. The number of thiazole rings is 1. The number of aryl methyl sites for hydroxylation is 1.